The molecule has 0 saturated heterocycles. The minimum Gasteiger partial charge on any atom is -0.497 e. The van der Waals surface area contributed by atoms with E-state index in [0.717, 1.165) is 17.9 Å². The van der Waals surface area contributed by atoms with Gasteiger partial charge in [0.15, 0.2) is 0 Å². The van der Waals surface area contributed by atoms with Crippen LogP contribution in [0, 0.1) is 0 Å². The van der Waals surface area contributed by atoms with E-state index in [9.17, 15) is 0 Å². The zero-order valence-electron chi connectivity index (χ0n) is 9.62. The molecule has 0 bridgehead atoms. The first-order chi connectivity index (χ1) is 7.22. The van der Waals surface area contributed by atoms with Crippen LogP contribution in [0.3, 0.4) is 0 Å². The predicted octanol–water partition coefficient (Wildman–Crippen LogP) is 3.43. The largest absolute Gasteiger partial charge is 0.497 e. The summed E-state index contributed by atoms with van der Waals surface area (Å²) in [4.78, 5) is 0. The average molecular weight is 206 g/mol. The molecule has 2 nitrogen and oxygen atoms in total. The van der Waals surface area contributed by atoms with Crippen molar-refractivity contribution in [2.24, 2.45) is 0 Å². The number of methoxy groups -OCH3 is 1. The molecule has 0 radical (unpaired) electrons. The van der Waals surface area contributed by atoms with Crippen molar-refractivity contribution in [1.29, 1.82) is 0 Å². The second-order valence-corrected chi connectivity index (χ2v) is 3.60. The molecule has 0 aliphatic heterocycles. The Labute approximate surface area is 91.5 Å². The van der Waals surface area contributed by atoms with Crippen LogP contribution < -0.4 is 9.47 Å². The number of benzene rings is 1. The van der Waals surface area contributed by atoms with Gasteiger partial charge in [0, 0.05) is 6.07 Å². The normalized spacial score (nSPS) is 9.53. The predicted molar refractivity (Wildman–Crippen MR) is 62.5 cm³/mol. The third kappa shape index (κ3) is 4.54. The molecule has 1 aromatic rings. The maximum atomic E-state index is 5.57. The Morgan fingerprint density at radius 1 is 1.27 bits per heavy atom. The van der Waals surface area contributed by atoms with Crippen LogP contribution in [0.4, 0.5) is 0 Å². The first-order valence-corrected chi connectivity index (χ1v) is 5.12. The van der Waals surface area contributed by atoms with Gasteiger partial charge in [0.2, 0.25) is 0 Å². The van der Waals surface area contributed by atoms with E-state index in [1.807, 2.05) is 24.3 Å². The first-order valence-electron chi connectivity index (χ1n) is 5.12. The summed E-state index contributed by atoms with van der Waals surface area (Å²) in [7, 11) is 1.66. The van der Waals surface area contributed by atoms with E-state index < -0.39 is 0 Å². The third-order valence-corrected chi connectivity index (χ3v) is 1.98. The van der Waals surface area contributed by atoms with E-state index in [2.05, 4.69) is 19.9 Å². The Kier molecular flexibility index (Phi) is 4.75. The zero-order chi connectivity index (χ0) is 11.1. The maximum Gasteiger partial charge on any atom is 0.122 e. The maximum absolute atomic E-state index is 5.57. The molecule has 0 unspecified atom stereocenters. The lowest BCUT2D eigenvalue weighted by molar-refractivity contribution is 0.321. The average Bonchev–Trinajstić information content (AvgIpc) is 2.24. The number of rotatable bonds is 5. The van der Waals surface area contributed by atoms with Crippen molar-refractivity contribution >= 4 is 0 Å². The molecule has 0 aliphatic carbocycles. The Bertz CT molecular complexity index is 325. The van der Waals surface area contributed by atoms with Gasteiger partial charge in [-0.1, -0.05) is 17.7 Å². The number of hydrogen-bond donors (Lipinski definition) is 0. The molecule has 0 aliphatic rings. The van der Waals surface area contributed by atoms with Crippen LogP contribution in [-0.2, 0) is 0 Å². The zero-order valence-corrected chi connectivity index (χ0v) is 9.62. The topological polar surface area (TPSA) is 18.5 Å². The van der Waals surface area contributed by atoms with Gasteiger partial charge < -0.3 is 9.47 Å². The lowest BCUT2D eigenvalue weighted by Crippen LogP contribution is -1.96. The van der Waals surface area contributed by atoms with Crippen molar-refractivity contribution in [1.82, 2.24) is 0 Å². The second-order valence-electron chi connectivity index (χ2n) is 3.60. The fourth-order valence-electron chi connectivity index (χ4n) is 1.22. The van der Waals surface area contributed by atoms with Gasteiger partial charge in [-0.05, 0) is 32.4 Å². The van der Waals surface area contributed by atoms with Crippen molar-refractivity contribution in [3.63, 3.8) is 0 Å². The third-order valence-electron chi connectivity index (χ3n) is 1.98. The van der Waals surface area contributed by atoms with Gasteiger partial charge in [0.1, 0.15) is 11.5 Å². The van der Waals surface area contributed by atoms with Gasteiger partial charge in [-0.2, -0.15) is 0 Å². The molecule has 0 spiro atoms. The molecule has 2 heteroatoms. The number of ether oxygens (including phenoxy) is 2. The molecule has 0 heterocycles. The SMILES string of the molecule is COc1cccc(OCCC=C(C)C)c1. The molecule has 1 rings (SSSR count). The summed E-state index contributed by atoms with van der Waals surface area (Å²) in [5.74, 6) is 1.69. The van der Waals surface area contributed by atoms with Crippen LogP contribution in [0.2, 0.25) is 0 Å². The van der Waals surface area contributed by atoms with E-state index in [0.29, 0.717) is 6.61 Å². The highest BCUT2D eigenvalue weighted by Gasteiger charge is 1.95. The van der Waals surface area contributed by atoms with Gasteiger partial charge >= 0.3 is 0 Å². The number of allylic oxidation sites excluding steroid dienone is 1. The fourth-order valence-corrected chi connectivity index (χ4v) is 1.22. The molecule has 82 valence electrons. The smallest absolute Gasteiger partial charge is 0.122 e. The van der Waals surface area contributed by atoms with Crippen molar-refractivity contribution in [3.8, 4) is 11.5 Å². The lowest BCUT2D eigenvalue weighted by atomic mass is 10.3. The van der Waals surface area contributed by atoms with Crippen LogP contribution in [0.25, 0.3) is 0 Å². The van der Waals surface area contributed by atoms with Gasteiger partial charge in [-0.25, -0.2) is 0 Å². The Morgan fingerprint density at radius 2 is 2.00 bits per heavy atom. The monoisotopic (exact) mass is 206 g/mol. The van der Waals surface area contributed by atoms with Crippen LogP contribution in [-0.4, -0.2) is 13.7 Å². The van der Waals surface area contributed by atoms with Crippen molar-refractivity contribution in [2.45, 2.75) is 20.3 Å². The second kappa shape index (κ2) is 6.12. The number of hydrogen-bond acceptors (Lipinski definition) is 2. The highest BCUT2D eigenvalue weighted by molar-refractivity contribution is 5.32. The first kappa shape index (κ1) is 11.6. The molecule has 0 fully saturated rings. The summed E-state index contributed by atoms with van der Waals surface area (Å²) in [6, 6.07) is 7.66. The standard InChI is InChI=1S/C13H18O2/c1-11(2)6-5-9-15-13-8-4-7-12(10-13)14-3/h4,6-8,10H,5,9H2,1-3H3. The molecule has 0 saturated carbocycles. The van der Waals surface area contributed by atoms with Crippen LogP contribution in [0.15, 0.2) is 35.9 Å². The summed E-state index contributed by atoms with van der Waals surface area (Å²) in [6.45, 7) is 4.88. The molecular weight excluding hydrogens is 188 g/mol. The molecule has 0 aromatic heterocycles. The fraction of sp³-hybridized carbons (Fsp3) is 0.385. The van der Waals surface area contributed by atoms with Crippen LogP contribution in [0.5, 0.6) is 11.5 Å². The van der Waals surface area contributed by atoms with Crippen LogP contribution in [0.1, 0.15) is 20.3 Å². The van der Waals surface area contributed by atoms with Crippen molar-refractivity contribution in [3.05, 3.63) is 35.9 Å². The molecular formula is C13H18O2. The van der Waals surface area contributed by atoms with E-state index in [4.69, 9.17) is 9.47 Å². The minimum absolute atomic E-state index is 0.707. The highest BCUT2D eigenvalue weighted by Crippen LogP contribution is 2.18. The van der Waals surface area contributed by atoms with Gasteiger partial charge in [-0.3, -0.25) is 0 Å². The van der Waals surface area contributed by atoms with E-state index in [-0.39, 0.29) is 0 Å². The summed E-state index contributed by atoms with van der Waals surface area (Å²) in [5.41, 5.74) is 1.32. The molecule has 0 amide bonds. The molecule has 0 N–H and O–H groups in total. The van der Waals surface area contributed by atoms with E-state index in [1.54, 1.807) is 7.11 Å². The highest BCUT2D eigenvalue weighted by atomic mass is 16.5. The summed E-state index contributed by atoms with van der Waals surface area (Å²) < 4.78 is 10.7. The van der Waals surface area contributed by atoms with Gasteiger partial charge in [0.25, 0.3) is 0 Å². The van der Waals surface area contributed by atoms with Crippen molar-refractivity contribution in [2.75, 3.05) is 13.7 Å². The Morgan fingerprint density at radius 3 is 2.67 bits per heavy atom. The lowest BCUT2D eigenvalue weighted by Gasteiger charge is -2.06. The molecule has 1 aromatic carbocycles. The minimum atomic E-state index is 0.707. The van der Waals surface area contributed by atoms with Gasteiger partial charge in [0.05, 0.1) is 13.7 Å². The van der Waals surface area contributed by atoms with E-state index >= 15 is 0 Å². The van der Waals surface area contributed by atoms with Crippen LogP contribution >= 0.6 is 0 Å². The Hall–Kier alpha value is -1.44. The summed E-state index contributed by atoms with van der Waals surface area (Å²) >= 11 is 0. The summed E-state index contributed by atoms with van der Waals surface area (Å²) in [6.07, 6.45) is 3.11. The van der Waals surface area contributed by atoms with Gasteiger partial charge in [-0.15, -0.1) is 0 Å². The molecule has 0 atom stereocenters. The Balaban J connectivity index is 2.40. The summed E-state index contributed by atoms with van der Waals surface area (Å²) in [5, 5.41) is 0. The molecule has 15 heavy (non-hydrogen) atoms. The van der Waals surface area contributed by atoms with E-state index in [1.165, 1.54) is 5.57 Å². The van der Waals surface area contributed by atoms with Crippen molar-refractivity contribution < 1.29 is 9.47 Å². The quantitative estimate of drug-likeness (QED) is 0.543.